The van der Waals surface area contributed by atoms with Crippen molar-refractivity contribution in [3.05, 3.63) is 50.8 Å². The van der Waals surface area contributed by atoms with Gasteiger partial charge in [-0.2, -0.15) is 0 Å². The number of thiophene rings is 1. The van der Waals surface area contributed by atoms with Crippen LogP contribution in [0.3, 0.4) is 0 Å². The third-order valence-corrected chi connectivity index (χ3v) is 5.39. The van der Waals surface area contributed by atoms with Crippen molar-refractivity contribution < 1.29 is 9.18 Å². The van der Waals surface area contributed by atoms with Crippen LogP contribution in [0.4, 0.5) is 10.1 Å². The highest BCUT2D eigenvalue weighted by Crippen LogP contribution is 2.22. The van der Waals surface area contributed by atoms with Gasteiger partial charge in [0.25, 0.3) is 5.56 Å². The van der Waals surface area contributed by atoms with Gasteiger partial charge in [0.1, 0.15) is 10.5 Å². The molecule has 9 heteroatoms. The Bertz CT molecular complexity index is 986. The first-order valence-electron chi connectivity index (χ1n) is 6.77. The van der Waals surface area contributed by atoms with Gasteiger partial charge < -0.3 is 5.32 Å². The molecule has 0 fully saturated rings. The molecule has 0 atom stereocenters. The molecule has 124 valence electrons. The molecule has 0 unspecified atom stereocenters. The molecule has 0 saturated heterocycles. The highest BCUT2D eigenvalue weighted by molar-refractivity contribution is 7.99. The third-order valence-electron chi connectivity index (χ3n) is 3.18. The molecule has 0 aliphatic carbocycles. The minimum atomic E-state index is -0.549. The van der Waals surface area contributed by atoms with Crippen molar-refractivity contribution >= 4 is 56.5 Å². The van der Waals surface area contributed by atoms with Crippen LogP contribution in [-0.2, 0) is 11.8 Å². The van der Waals surface area contributed by atoms with Crippen LogP contribution in [0, 0.1) is 5.82 Å². The molecule has 0 aliphatic rings. The Morgan fingerprint density at radius 3 is 3.00 bits per heavy atom. The van der Waals surface area contributed by atoms with Gasteiger partial charge in [-0.15, -0.1) is 11.3 Å². The molecule has 0 saturated carbocycles. The Balaban J connectivity index is 1.71. The summed E-state index contributed by atoms with van der Waals surface area (Å²) in [7, 11) is 1.62. The highest BCUT2D eigenvalue weighted by Gasteiger charge is 2.12. The number of aromatic nitrogens is 2. The first-order valence-corrected chi connectivity index (χ1v) is 9.02. The number of carbonyl (C=O) groups excluding carboxylic acids is 1. The van der Waals surface area contributed by atoms with Crippen LogP contribution in [0.5, 0.6) is 0 Å². The van der Waals surface area contributed by atoms with Gasteiger partial charge in [0.15, 0.2) is 5.16 Å². The SMILES string of the molecule is Cn1c(SCC(=O)Nc2ccc(F)c(Cl)c2)nc2ccsc2c1=O. The molecule has 1 aromatic carbocycles. The number of nitrogens with zero attached hydrogens (tertiary/aromatic N) is 2. The van der Waals surface area contributed by atoms with E-state index in [4.69, 9.17) is 11.6 Å². The summed E-state index contributed by atoms with van der Waals surface area (Å²) >= 11 is 8.16. The topological polar surface area (TPSA) is 64.0 Å². The molecular formula is C15H11ClFN3O2S2. The van der Waals surface area contributed by atoms with Crippen LogP contribution in [0.25, 0.3) is 10.2 Å². The van der Waals surface area contributed by atoms with Crippen LogP contribution in [-0.4, -0.2) is 21.2 Å². The van der Waals surface area contributed by atoms with Gasteiger partial charge in [0.2, 0.25) is 5.91 Å². The summed E-state index contributed by atoms with van der Waals surface area (Å²) in [6.45, 7) is 0. The fourth-order valence-electron chi connectivity index (χ4n) is 2.00. The van der Waals surface area contributed by atoms with Gasteiger partial charge in [-0.1, -0.05) is 23.4 Å². The second kappa shape index (κ2) is 6.92. The smallest absolute Gasteiger partial charge is 0.271 e. The van der Waals surface area contributed by atoms with Crippen molar-refractivity contribution in [2.75, 3.05) is 11.1 Å². The van der Waals surface area contributed by atoms with Crippen LogP contribution in [0.15, 0.2) is 39.6 Å². The second-order valence-electron chi connectivity index (χ2n) is 4.86. The summed E-state index contributed by atoms with van der Waals surface area (Å²) in [6, 6.07) is 5.72. The maximum Gasteiger partial charge on any atom is 0.271 e. The summed E-state index contributed by atoms with van der Waals surface area (Å²) in [5.41, 5.74) is 0.890. The predicted molar refractivity (Wildman–Crippen MR) is 95.6 cm³/mol. The van der Waals surface area contributed by atoms with E-state index in [9.17, 15) is 14.0 Å². The molecule has 2 heterocycles. The summed E-state index contributed by atoms with van der Waals surface area (Å²) < 4.78 is 15.1. The number of halogens is 2. The number of hydrogen-bond donors (Lipinski definition) is 1. The van der Waals surface area contributed by atoms with E-state index >= 15 is 0 Å². The van der Waals surface area contributed by atoms with Crippen LogP contribution in [0.2, 0.25) is 5.02 Å². The minimum Gasteiger partial charge on any atom is -0.325 e. The lowest BCUT2D eigenvalue weighted by Crippen LogP contribution is -2.20. The molecule has 2 aromatic heterocycles. The number of hydrogen-bond acceptors (Lipinski definition) is 5. The quantitative estimate of drug-likeness (QED) is 0.553. The predicted octanol–water partition coefficient (Wildman–Crippen LogP) is 3.52. The normalized spacial score (nSPS) is 11.0. The Kier molecular flexibility index (Phi) is 4.88. The Morgan fingerprint density at radius 1 is 1.46 bits per heavy atom. The number of rotatable bonds is 4. The van der Waals surface area contributed by atoms with Gasteiger partial charge in [-0.25, -0.2) is 9.37 Å². The Hall–Kier alpha value is -1.90. The zero-order valence-electron chi connectivity index (χ0n) is 12.4. The number of benzene rings is 1. The number of nitrogens with one attached hydrogen (secondary N) is 1. The Labute approximate surface area is 149 Å². The molecule has 1 amide bonds. The van der Waals surface area contributed by atoms with Crippen molar-refractivity contribution in [1.82, 2.24) is 9.55 Å². The average Bonchev–Trinajstić information content (AvgIpc) is 3.01. The van der Waals surface area contributed by atoms with E-state index in [2.05, 4.69) is 10.3 Å². The molecule has 24 heavy (non-hydrogen) atoms. The summed E-state index contributed by atoms with van der Waals surface area (Å²) in [6.07, 6.45) is 0. The average molecular weight is 384 g/mol. The summed E-state index contributed by atoms with van der Waals surface area (Å²) in [5.74, 6) is -0.792. The van der Waals surface area contributed by atoms with E-state index < -0.39 is 5.82 Å². The maximum absolute atomic E-state index is 13.1. The molecule has 5 nitrogen and oxygen atoms in total. The molecule has 0 aliphatic heterocycles. The van der Waals surface area contributed by atoms with E-state index in [1.807, 2.05) is 0 Å². The van der Waals surface area contributed by atoms with E-state index in [1.54, 1.807) is 18.5 Å². The van der Waals surface area contributed by atoms with Crippen molar-refractivity contribution in [2.45, 2.75) is 5.16 Å². The zero-order chi connectivity index (χ0) is 17.3. The van der Waals surface area contributed by atoms with Gasteiger partial charge in [-0.05, 0) is 29.6 Å². The number of thioether (sulfide) groups is 1. The maximum atomic E-state index is 13.1. The fourth-order valence-corrected chi connectivity index (χ4v) is 3.76. The number of carbonyl (C=O) groups is 1. The Morgan fingerprint density at radius 2 is 2.25 bits per heavy atom. The summed E-state index contributed by atoms with van der Waals surface area (Å²) in [5, 5.41) is 4.82. The zero-order valence-corrected chi connectivity index (χ0v) is 14.8. The van der Waals surface area contributed by atoms with Crippen LogP contribution < -0.4 is 10.9 Å². The number of fused-ring (bicyclic) bond motifs is 1. The molecule has 1 N–H and O–H groups in total. The lowest BCUT2D eigenvalue weighted by molar-refractivity contribution is -0.113. The largest absolute Gasteiger partial charge is 0.325 e. The number of anilines is 1. The van der Waals surface area contributed by atoms with Crippen LogP contribution in [0.1, 0.15) is 0 Å². The standard InChI is InChI=1S/C15H11ClFN3O2S2/c1-20-14(22)13-11(4-5-23-13)19-15(20)24-7-12(21)18-8-2-3-10(17)9(16)6-8/h2-6H,7H2,1H3,(H,18,21). The molecule has 0 radical (unpaired) electrons. The molecule has 3 rings (SSSR count). The van der Waals surface area contributed by atoms with Gasteiger partial charge >= 0.3 is 0 Å². The third kappa shape index (κ3) is 3.45. The first kappa shape index (κ1) is 16.9. The van der Waals surface area contributed by atoms with Gasteiger partial charge in [0.05, 0.1) is 16.3 Å². The summed E-state index contributed by atoms with van der Waals surface area (Å²) in [4.78, 5) is 28.6. The van der Waals surface area contributed by atoms with Crippen molar-refractivity contribution in [2.24, 2.45) is 7.05 Å². The van der Waals surface area contributed by atoms with E-state index in [1.165, 1.54) is 34.1 Å². The van der Waals surface area contributed by atoms with Crippen molar-refractivity contribution in [3.63, 3.8) is 0 Å². The molecule has 0 spiro atoms. The second-order valence-corrected chi connectivity index (χ2v) is 7.13. The molecule has 3 aromatic rings. The molecular weight excluding hydrogens is 373 g/mol. The van der Waals surface area contributed by atoms with Crippen molar-refractivity contribution in [3.8, 4) is 0 Å². The minimum absolute atomic E-state index is 0.0604. The lowest BCUT2D eigenvalue weighted by atomic mass is 10.3. The van der Waals surface area contributed by atoms with E-state index in [-0.39, 0.29) is 22.2 Å². The van der Waals surface area contributed by atoms with E-state index in [0.717, 1.165) is 11.8 Å². The van der Waals surface area contributed by atoms with Gasteiger partial charge in [0, 0.05) is 12.7 Å². The van der Waals surface area contributed by atoms with Crippen molar-refractivity contribution in [1.29, 1.82) is 0 Å². The van der Waals surface area contributed by atoms with Crippen LogP contribution >= 0.6 is 34.7 Å². The lowest BCUT2D eigenvalue weighted by Gasteiger charge is -2.08. The monoisotopic (exact) mass is 383 g/mol. The number of amides is 1. The molecule has 0 bridgehead atoms. The van der Waals surface area contributed by atoms with E-state index in [0.29, 0.717) is 21.1 Å². The van der Waals surface area contributed by atoms with Gasteiger partial charge in [-0.3, -0.25) is 14.2 Å². The highest BCUT2D eigenvalue weighted by atomic mass is 35.5. The fraction of sp³-hybridized carbons (Fsp3) is 0.133. The first-order chi connectivity index (χ1) is 11.5.